The number of piperazine rings is 2. The van der Waals surface area contributed by atoms with E-state index >= 15 is 0 Å². The summed E-state index contributed by atoms with van der Waals surface area (Å²) in [6.07, 6.45) is 4.81. The first-order valence-electron chi connectivity index (χ1n) is 13.8. The monoisotopic (exact) mass is 498 g/mol. The van der Waals surface area contributed by atoms with Gasteiger partial charge in [0, 0.05) is 58.9 Å². The molecule has 2 aromatic heterocycles. The summed E-state index contributed by atoms with van der Waals surface area (Å²) in [5.74, 6) is 1.16. The number of likely N-dealkylation sites (N-methyl/N-ethyl adjacent to an activating group) is 2. The maximum absolute atomic E-state index is 12.8. The van der Waals surface area contributed by atoms with Gasteiger partial charge in [-0.1, -0.05) is 13.8 Å². The average molecular weight is 499 g/mol. The standard InChI is InChI=1S/C25H42N10O/c1-3-31-11-13-33(14-12-31)9-6-10-35-19-27-21-22(34-17-15-32(4-2)16-18-34)28-25(29-23(21)35)30-24(36)20-7-5-8-26-20/h19-20,26H,3-18H2,1-2H3,(H,28,29,30,36). The van der Waals surface area contributed by atoms with Crippen molar-refractivity contribution < 1.29 is 4.79 Å². The first kappa shape index (κ1) is 25.3. The molecule has 11 nitrogen and oxygen atoms in total. The third-order valence-electron chi connectivity index (χ3n) is 7.96. The van der Waals surface area contributed by atoms with E-state index in [1.165, 1.54) is 0 Å². The quantitative estimate of drug-likeness (QED) is 0.517. The van der Waals surface area contributed by atoms with Gasteiger partial charge < -0.3 is 29.5 Å². The fourth-order valence-corrected chi connectivity index (χ4v) is 5.54. The molecule has 1 atom stereocenters. The van der Waals surface area contributed by atoms with E-state index in [1.807, 2.05) is 6.33 Å². The highest BCUT2D eigenvalue weighted by molar-refractivity contribution is 5.95. The van der Waals surface area contributed by atoms with E-state index in [0.29, 0.717) is 5.95 Å². The summed E-state index contributed by atoms with van der Waals surface area (Å²) in [7, 11) is 0. The molecule has 0 saturated carbocycles. The molecule has 2 N–H and O–H groups in total. The van der Waals surface area contributed by atoms with Crippen molar-refractivity contribution in [3.05, 3.63) is 6.33 Å². The number of carbonyl (C=O) groups excluding carboxylic acids is 1. The second-order valence-corrected chi connectivity index (χ2v) is 10.2. The molecule has 0 aromatic carbocycles. The molecular weight excluding hydrogens is 456 g/mol. The van der Waals surface area contributed by atoms with Crippen LogP contribution in [0.5, 0.6) is 0 Å². The molecule has 3 fully saturated rings. The zero-order chi connectivity index (χ0) is 24.9. The fraction of sp³-hybridized carbons (Fsp3) is 0.760. The summed E-state index contributed by atoms with van der Waals surface area (Å²) in [6.45, 7) is 17.8. The Hall–Kier alpha value is -2.34. The summed E-state index contributed by atoms with van der Waals surface area (Å²) in [5, 5.41) is 6.26. The SMILES string of the molecule is CCN1CCN(CCCn2cnc3c(N4CCN(CC)CC4)nc(NC(=O)C4CCCN4)nc32)CC1. The number of nitrogens with one attached hydrogen (secondary N) is 2. The van der Waals surface area contributed by atoms with Gasteiger partial charge in [-0.25, -0.2) is 4.98 Å². The molecule has 0 bridgehead atoms. The number of carbonyl (C=O) groups is 1. The Morgan fingerprint density at radius 1 is 0.972 bits per heavy atom. The van der Waals surface area contributed by atoms with Gasteiger partial charge >= 0.3 is 0 Å². The Balaban J connectivity index is 1.32. The zero-order valence-electron chi connectivity index (χ0n) is 22.0. The number of hydrogen-bond acceptors (Lipinski definition) is 9. The first-order chi connectivity index (χ1) is 17.6. The third kappa shape index (κ3) is 5.80. The molecule has 11 heteroatoms. The molecule has 198 valence electrons. The van der Waals surface area contributed by atoms with Gasteiger partial charge in [-0.2, -0.15) is 9.97 Å². The van der Waals surface area contributed by atoms with Crippen LogP contribution >= 0.6 is 0 Å². The van der Waals surface area contributed by atoms with Gasteiger partial charge in [-0.15, -0.1) is 0 Å². The minimum atomic E-state index is -0.168. The summed E-state index contributed by atoms with van der Waals surface area (Å²) < 4.78 is 2.13. The van der Waals surface area contributed by atoms with Crippen LogP contribution in [0.2, 0.25) is 0 Å². The number of nitrogens with zero attached hydrogens (tertiary/aromatic N) is 8. The van der Waals surface area contributed by atoms with Crippen molar-refractivity contribution in [2.45, 2.75) is 45.7 Å². The van der Waals surface area contributed by atoms with Gasteiger partial charge in [0.1, 0.15) is 0 Å². The molecule has 3 saturated heterocycles. The number of aryl methyl sites for hydroxylation is 1. The second-order valence-electron chi connectivity index (χ2n) is 10.2. The Labute approximate surface area is 214 Å². The summed E-state index contributed by atoms with van der Waals surface area (Å²) in [5.41, 5.74) is 1.64. The van der Waals surface area contributed by atoms with Gasteiger partial charge in [-0.05, 0) is 45.4 Å². The highest BCUT2D eigenvalue weighted by Crippen LogP contribution is 2.26. The molecule has 0 aliphatic carbocycles. The lowest BCUT2D eigenvalue weighted by atomic mass is 10.2. The van der Waals surface area contributed by atoms with Gasteiger partial charge in [0.2, 0.25) is 11.9 Å². The minimum absolute atomic E-state index is 0.0501. The second kappa shape index (κ2) is 11.8. The van der Waals surface area contributed by atoms with E-state index in [4.69, 9.17) is 15.0 Å². The van der Waals surface area contributed by atoms with Crippen molar-refractivity contribution >= 4 is 28.8 Å². The van der Waals surface area contributed by atoms with Crippen LogP contribution in [-0.2, 0) is 11.3 Å². The van der Waals surface area contributed by atoms with Crippen molar-refractivity contribution in [2.24, 2.45) is 0 Å². The lowest BCUT2D eigenvalue weighted by Crippen LogP contribution is -2.46. The van der Waals surface area contributed by atoms with E-state index in [2.05, 4.69) is 48.6 Å². The number of anilines is 2. The normalized spacial score (nSPS) is 22.5. The molecule has 5 heterocycles. The number of amides is 1. The molecular formula is C25H42N10O. The number of imidazole rings is 1. The molecule has 1 amide bonds. The predicted molar refractivity (Wildman–Crippen MR) is 142 cm³/mol. The Morgan fingerprint density at radius 3 is 2.33 bits per heavy atom. The van der Waals surface area contributed by atoms with Crippen molar-refractivity contribution in [1.29, 1.82) is 0 Å². The summed E-state index contributed by atoms with van der Waals surface area (Å²) >= 11 is 0. The maximum Gasteiger partial charge on any atom is 0.243 e. The minimum Gasteiger partial charge on any atom is -0.352 e. The molecule has 3 aliphatic heterocycles. The van der Waals surface area contributed by atoms with E-state index in [-0.39, 0.29) is 11.9 Å². The van der Waals surface area contributed by atoms with Crippen molar-refractivity contribution in [3.63, 3.8) is 0 Å². The Bertz CT molecular complexity index is 1000. The van der Waals surface area contributed by atoms with Crippen LogP contribution in [0.15, 0.2) is 6.33 Å². The van der Waals surface area contributed by atoms with Crippen LogP contribution in [0.1, 0.15) is 33.1 Å². The van der Waals surface area contributed by atoms with E-state index in [0.717, 1.165) is 121 Å². The topological polar surface area (TPSA) is 97.7 Å². The van der Waals surface area contributed by atoms with Crippen LogP contribution in [0.3, 0.4) is 0 Å². The zero-order valence-corrected chi connectivity index (χ0v) is 22.0. The van der Waals surface area contributed by atoms with Gasteiger partial charge in [0.15, 0.2) is 17.0 Å². The third-order valence-corrected chi connectivity index (χ3v) is 7.96. The Morgan fingerprint density at radius 2 is 1.67 bits per heavy atom. The number of fused-ring (bicyclic) bond motifs is 1. The maximum atomic E-state index is 12.8. The fourth-order valence-electron chi connectivity index (χ4n) is 5.54. The molecule has 36 heavy (non-hydrogen) atoms. The molecule has 0 radical (unpaired) electrons. The van der Waals surface area contributed by atoms with Gasteiger partial charge in [-0.3, -0.25) is 10.1 Å². The molecule has 3 aliphatic rings. The highest BCUT2D eigenvalue weighted by atomic mass is 16.2. The molecule has 1 unspecified atom stereocenters. The highest BCUT2D eigenvalue weighted by Gasteiger charge is 2.26. The van der Waals surface area contributed by atoms with Gasteiger partial charge in [0.25, 0.3) is 0 Å². The van der Waals surface area contributed by atoms with Crippen LogP contribution in [0, 0.1) is 0 Å². The smallest absolute Gasteiger partial charge is 0.243 e. The van der Waals surface area contributed by atoms with Crippen molar-refractivity contribution in [3.8, 4) is 0 Å². The van der Waals surface area contributed by atoms with E-state index in [1.54, 1.807) is 0 Å². The van der Waals surface area contributed by atoms with E-state index < -0.39 is 0 Å². The van der Waals surface area contributed by atoms with Crippen LogP contribution in [0.4, 0.5) is 11.8 Å². The van der Waals surface area contributed by atoms with Crippen LogP contribution in [0.25, 0.3) is 11.2 Å². The van der Waals surface area contributed by atoms with Crippen molar-refractivity contribution in [2.75, 3.05) is 88.8 Å². The lowest BCUT2D eigenvalue weighted by molar-refractivity contribution is -0.117. The molecule has 5 rings (SSSR count). The number of aromatic nitrogens is 4. The first-order valence-corrected chi connectivity index (χ1v) is 13.8. The molecule has 0 spiro atoms. The van der Waals surface area contributed by atoms with E-state index in [9.17, 15) is 4.79 Å². The summed E-state index contributed by atoms with van der Waals surface area (Å²) in [4.78, 5) is 37.0. The largest absolute Gasteiger partial charge is 0.352 e. The van der Waals surface area contributed by atoms with Gasteiger partial charge in [0.05, 0.1) is 12.4 Å². The summed E-state index contributed by atoms with van der Waals surface area (Å²) in [6, 6.07) is -0.168. The molecule has 2 aromatic rings. The lowest BCUT2D eigenvalue weighted by Gasteiger charge is -2.34. The van der Waals surface area contributed by atoms with Crippen LogP contribution in [-0.4, -0.2) is 125 Å². The van der Waals surface area contributed by atoms with Crippen molar-refractivity contribution in [1.82, 2.24) is 39.5 Å². The average Bonchev–Trinajstić information content (AvgIpc) is 3.60. The van der Waals surface area contributed by atoms with Crippen LogP contribution < -0.4 is 15.5 Å². The number of hydrogen-bond donors (Lipinski definition) is 2. The predicted octanol–water partition coefficient (Wildman–Crippen LogP) is 0.686. The Kier molecular flexibility index (Phi) is 8.30. The number of rotatable bonds is 9.